The molecule has 154 valence electrons. The van der Waals surface area contributed by atoms with Crippen LogP contribution in [0.4, 0.5) is 0 Å². The van der Waals surface area contributed by atoms with Crippen molar-refractivity contribution in [3.8, 4) is 0 Å². The fraction of sp³-hybridized carbons (Fsp3) is 0.696. The predicted molar refractivity (Wildman–Crippen MR) is 110 cm³/mol. The highest BCUT2D eigenvalue weighted by Crippen LogP contribution is 2.24. The normalized spacial score (nSPS) is 16.4. The van der Waals surface area contributed by atoms with E-state index >= 15 is 0 Å². The van der Waals surface area contributed by atoms with Crippen molar-refractivity contribution in [1.29, 1.82) is 0 Å². The Morgan fingerprint density at radius 1 is 1.19 bits per heavy atom. The van der Waals surface area contributed by atoms with Crippen molar-refractivity contribution in [1.82, 2.24) is 0 Å². The van der Waals surface area contributed by atoms with Crippen LogP contribution < -0.4 is 0 Å². The smallest absolute Gasteiger partial charge is 0.374 e. The number of aliphatic hydroxyl groups is 1. The van der Waals surface area contributed by atoms with Crippen molar-refractivity contribution in [3.63, 3.8) is 0 Å². The first-order chi connectivity index (χ1) is 12.8. The number of furan rings is 1. The molecule has 4 nitrogen and oxygen atoms in total. The van der Waals surface area contributed by atoms with Crippen LogP contribution in [0.5, 0.6) is 0 Å². The molecule has 0 aliphatic heterocycles. The second-order valence-corrected chi connectivity index (χ2v) is 8.09. The topological polar surface area (TPSA) is 59.7 Å². The Kier molecular flexibility index (Phi) is 11.1. The minimum absolute atomic E-state index is 0.120. The Balaban J connectivity index is 2.55. The number of aliphatic hydroxyl groups excluding tert-OH is 1. The zero-order chi connectivity index (χ0) is 20.2. The summed E-state index contributed by atoms with van der Waals surface area (Å²) < 4.78 is 11.0. The number of unbranched alkanes of at least 4 members (excludes halogenated alkanes) is 2. The second-order valence-electron chi connectivity index (χ2n) is 8.09. The quantitative estimate of drug-likeness (QED) is 0.259. The van der Waals surface area contributed by atoms with Gasteiger partial charge in [0, 0.05) is 0 Å². The molecule has 0 amide bonds. The largest absolute Gasteiger partial charge is 0.457 e. The van der Waals surface area contributed by atoms with Gasteiger partial charge in [0.2, 0.25) is 5.76 Å². The Hall–Kier alpha value is -1.55. The molecule has 1 rings (SSSR count). The van der Waals surface area contributed by atoms with E-state index in [4.69, 9.17) is 9.15 Å². The fourth-order valence-corrected chi connectivity index (χ4v) is 3.40. The van der Waals surface area contributed by atoms with Crippen molar-refractivity contribution >= 4 is 5.97 Å². The molecule has 1 aromatic rings. The number of carbonyl (C=O) groups excluding carboxylic acids is 1. The number of hydrogen-bond donors (Lipinski definition) is 1. The first-order valence-corrected chi connectivity index (χ1v) is 10.4. The van der Waals surface area contributed by atoms with E-state index in [9.17, 15) is 9.90 Å². The van der Waals surface area contributed by atoms with Gasteiger partial charge in [0.05, 0.1) is 12.4 Å². The third-order valence-corrected chi connectivity index (χ3v) is 5.14. The first kappa shape index (κ1) is 23.5. The van der Waals surface area contributed by atoms with Gasteiger partial charge in [-0.15, -0.1) is 0 Å². The van der Waals surface area contributed by atoms with Gasteiger partial charge in [-0.2, -0.15) is 0 Å². The van der Waals surface area contributed by atoms with Crippen LogP contribution in [0.25, 0.3) is 0 Å². The number of ether oxygens (including phenoxy) is 1. The van der Waals surface area contributed by atoms with Crippen LogP contribution in [0, 0.1) is 17.8 Å². The van der Waals surface area contributed by atoms with Crippen molar-refractivity contribution in [2.24, 2.45) is 17.8 Å². The molecule has 0 saturated carbocycles. The van der Waals surface area contributed by atoms with Crippen molar-refractivity contribution in [2.75, 3.05) is 0 Å². The first-order valence-electron chi connectivity index (χ1n) is 10.4. The molecular weight excluding hydrogens is 340 g/mol. The standard InChI is InChI=1S/C23H38O4/c1-6-11-18(4)16-19(5)21(27-23(25)22-14-10-15-26-22)13-9-7-8-12-20(24)17(2)3/h6,10-11,14-15,17-21,24H,7-9,12-13,16H2,1-5H3/b11-6+. The third-order valence-electron chi connectivity index (χ3n) is 5.14. The number of rotatable bonds is 13. The highest BCUT2D eigenvalue weighted by Gasteiger charge is 2.24. The van der Waals surface area contributed by atoms with Crippen molar-refractivity contribution in [3.05, 3.63) is 36.3 Å². The molecule has 4 unspecified atom stereocenters. The van der Waals surface area contributed by atoms with E-state index in [1.54, 1.807) is 12.1 Å². The highest BCUT2D eigenvalue weighted by atomic mass is 16.6. The average Bonchev–Trinajstić information content (AvgIpc) is 3.14. The van der Waals surface area contributed by atoms with Crippen LogP contribution in [-0.2, 0) is 4.74 Å². The van der Waals surface area contributed by atoms with E-state index in [0.29, 0.717) is 11.8 Å². The average molecular weight is 379 g/mol. The van der Waals surface area contributed by atoms with Gasteiger partial charge in [-0.1, -0.05) is 52.7 Å². The van der Waals surface area contributed by atoms with E-state index in [1.807, 2.05) is 20.8 Å². The molecule has 0 saturated heterocycles. The summed E-state index contributed by atoms with van der Waals surface area (Å²) in [7, 11) is 0. The molecule has 0 radical (unpaired) electrons. The van der Waals surface area contributed by atoms with Gasteiger partial charge in [-0.05, 0) is 62.5 Å². The number of hydrogen-bond acceptors (Lipinski definition) is 4. The molecule has 0 fully saturated rings. The summed E-state index contributed by atoms with van der Waals surface area (Å²) in [6.07, 6.45) is 11.1. The molecule has 0 aliphatic rings. The Morgan fingerprint density at radius 2 is 1.89 bits per heavy atom. The molecule has 27 heavy (non-hydrogen) atoms. The molecule has 0 spiro atoms. The number of esters is 1. The molecule has 1 N–H and O–H groups in total. The SMILES string of the molecule is C/C=C/C(C)CC(C)C(CCCCCC(O)C(C)C)OC(=O)c1ccco1. The summed E-state index contributed by atoms with van der Waals surface area (Å²) in [5.41, 5.74) is 0. The van der Waals surface area contributed by atoms with Crippen LogP contribution in [-0.4, -0.2) is 23.3 Å². The maximum atomic E-state index is 12.3. The van der Waals surface area contributed by atoms with Gasteiger partial charge in [0.25, 0.3) is 0 Å². The maximum Gasteiger partial charge on any atom is 0.374 e. The molecule has 1 aromatic heterocycles. The van der Waals surface area contributed by atoms with Crippen LogP contribution >= 0.6 is 0 Å². The Morgan fingerprint density at radius 3 is 2.48 bits per heavy atom. The molecule has 4 atom stereocenters. The summed E-state index contributed by atoms with van der Waals surface area (Å²) in [6, 6.07) is 3.34. The lowest BCUT2D eigenvalue weighted by atomic mass is 9.89. The zero-order valence-electron chi connectivity index (χ0n) is 17.7. The van der Waals surface area contributed by atoms with E-state index in [0.717, 1.165) is 38.5 Å². The molecule has 4 heteroatoms. The summed E-state index contributed by atoms with van der Waals surface area (Å²) in [5, 5.41) is 9.91. The molecule has 0 aliphatic carbocycles. The highest BCUT2D eigenvalue weighted by molar-refractivity contribution is 5.86. The second kappa shape index (κ2) is 12.8. The summed E-state index contributed by atoms with van der Waals surface area (Å²) in [5.74, 6) is 0.909. The third kappa shape index (κ3) is 9.28. The zero-order valence-corrected chi connectivity index (χ0v) is 17.7. The van der Waals surface area contributed by atoms with Crippen LogP contribution in [0.15, 0.2) is 35.0 Å². The van der Waals surface area contributed by atoms with Crippen LogP contribution in [0.3, 0.4) is 0 Å². The lowest BCUT2D eigenvalue weighted by Crippen LogP contribution is -2.26. The van der Waals surface area contributed by atoms with Gasteiger partial charge in [-0.25, -0.2) is 4.79 Å². The van der Waals surface area contributed by atoms with Gasteiger partial charge in [0.15, 0.2) is 0 Å². The Bertz CT molecular complexity index is 533. The van der Waals surface area contributed by atoms with Gasteiger partial charge >= 0.3 is 5.97 Å². The minimum atomic E-state index is -0.384. The summed E-state index contributed by atoms with van der Waals surface area (Å²) in [4.78, 5) is 12.3. The van der Waals surface area contributed by atoms with Crippen LogP contribution in [0.1, 0.15) is 83.7 Å². The van der Waals surface area contributed by atoms with E-state index in [2.05, 4.69) is 26.0 Å². The van der Waals surface area contributed by atoms with Gasteiger partial charge < -0.3 is 14.3 Å². The lowest BCUT2D eigenvalue weighted by Gasteiger charge is -2.25. The number of allylic oxidation sites excluding steroid dienone is 2. The monoisotopic (exact) mass is 378 g/mol. The molecule has 0 aromatic carbocycles. The molecule has 1 heterocycles. The number of carbonyl (C=O) groups is 1. The lowest BCUT2D eigenvalue weighted by molar-refractivity contribution is 0.00697. The van der Waals surface area contributed by atoms with Gasteiger partial charge in [0.1, 0.15) is 6.10 Å². The summed E-state index contributed by atoms with van der Waals surface area (Å²) >= 11 is 0. The van der Waals surface area contributed by atoms with E-state index < -0.39 is 0 Å². The summed E-state index contributed by atoms with van der Waals surface area (Å²) in [6.45, 7) is 10.5. The fourth-order valence-electron chi connectivity index (χ4n) is 3.40. The van der Waals surface area contributed by atoms with Crippen molar-refractivity contribution in [2.45, 2.75) is 85.4 Å². The van der Waals surface area contributed by atoms with Crippen LogP contribution in [0.2, 0.25) is 0 Å². The van der Waals surface area contributed by atoms with E-state index in [-0.39, 0.29) is 29.9 Å². The van der Waals surface area contributed by atoms with Gasteiger partial charge in [-0.3, -0.25) is 0 Å². The maximum absolute atomic E-state index is 12.3. The predicted octanol–water partition coefficient (Wildman–Crippen LogP) is 6.01. The Labute approximate surface area is 165 Å². The molecular formula is C23H38O4. The van der Waals surface area contributed by atoms with E-state index in [1.165, 1.54) is 6.26 Å². The minimum Gasteiger partial charge on any atom is -0.457 e. The van der Waals surface area contributed by atoms with Crippen molar-refractivity contribution < 1.29 is 19.1 Å². The molecule has 0 bridgehead atoms.